The number of nitrogens with one attached hydrogen (secondary N) is 1. The number of carbonyl (C=O) groups excluding carboxylic acids is 1. The van der Waals surface area contributed by atoms with E-state index >= 15 is 0 Å². The van der Waals surface area contributed by atoms with Crippen LogP contribution in [0.3, 0.4) is 0 Å². The fourth-order valence-electron chi connectivity index (χ4n) is 2.74. The first kappa shape index (κ1) is 18.5. The number of hydrogen-bond acceptors (Lipinski definition) is 2. The van der Waals surface area contributed by atoms with Gasteiger partial charge in [-0.25, -0.2) is 0 Å². The molecule has 132 valence electrons. The van der Waals surface area contributed by atoms with Crippen LogP contribution in [0.2, 0.25) is 10.0 Å². The van der Waals surface area contributed by atoms with Crippen LogP contribution in [-0.4, -0.2) is 5.78 Å². The maximum absolute atomic E-state index is 12.8. The van der Waals surface area contributed by atoms with Crippen LogP contribution in [-0.2, 0) is 0 Å². The molecule has 0 radical (unpaired) electrons. The van der Waals surface area contributed by atoms with Crippen molar-refractivity contribution in [2.24, 2.45) is 0 Å². The lowest BCUT2D eigenvalue weighted by Crippen LogP contribution is -2.15. The Labute approximate surface area is 163 Å². The normalized spacial score (nSPS) is 11.8. The van der Waals surface area contributed by atoms with Crippen molar-refractivity contribution in [1.82, 2.24) is 0 Å². The van der Waals surface area contributed by atoms with E-state index in [2.05, 4.69) is 5.32 Å². The minimum atomic E-state index is -0.165. The van der Waals surface area contributed by atoms with Crippen LogP contribution in [0.1, 0.15) is 33.9 Å². The van der Waals surface area contributed by atoms with Crippen LogP contribution >= 0.6 is 23.2 Å². The lowest BCUT2D eigenvalue weighted by atomic mass is 9.97. The van der Waals surface area contributed by atoms with Crippen LogP contribution in [0, 0.1) is 6.92 Å². The number of benzene rings is 3. The molecular formula is C22H19Cl2NO. The molecule has 0 heterocycles. The number of carbonyl (C=O) groups is 1. The molecule has 0 fully saturated rings. The number of aryl methyl sites for hydroxylation is 1. The van der Waals surface area contributed by atoms with Gasteiger partial charge in [0.1, 0.15) is 0 Å². The van der Waals surface area contributed by atoms with Crippen molar-refractivity contribution in [3.63, 3.8) is 0 Å². The van der Waals surface area contributed by atoms with E-state index in [9.17, 15) is 4.79 Å². The smallest absolute Gasteiger partial charge is 0.165 e. The molecule has 3 aromatic carbocycles. The van der Waals surface area contributed by atoms with Crippen LogP contribution < -0.4 is 5.32 Å². The Morgan fingerprint density at radius 2 is 1.38 bits per heavy atom. The quantitative estimate of drug-likeness (QED) is 0.478. The maximum atomic E-state index is 12.8. The van der Waals surface area contributed by atoms with Gasteiger partial charge < -0.3 is 5.32 Å². The van der Waals surface area contributed by atoms with E-state index < -0.39 is 0 Å². The van der Waals surface area contributed by atoms with Gasteiger partial charge in [0.15, 0.2) is 5.78 Å². The first-order valence-electron chi connectivity index (χ1n) is 8.39. The third-order valence-corrected chi connectivity index (χ3v) is 4.72. The number of ketones is 1. The average molecular weight is 384 g/mol. The number of anilines is 1. The molecule has 1 unspecified atom stereocenters. The summed E-state index contributed by atoms with van der Waals surface area (Å²) in [4.78, 5) is 12.8. The molecule has 0 aromatic heterocycles. The van der Waals surface area contributed by atoms with Gasteiger partial charge in [-0.3, -0.25) is 4.79 Å². The Bertz CT molecular complexity index is 872. The highest BCUT2D eigenvalue weighted by Gasteiger charge is 2.17. The zero-order valence-corrected chi connectivity index (χ0v) is 15.9. The number of hydrogen-bond donors (Lipinski definition) is 1. The van der Waals surface area contributed by atoms with Crippen LogP contribution in [0.15, 0.2) is 72.8 Å². The zero-order chi connectivity index (χ0) is 18.5. The molecular weight excluding hydrogens is 365 g/mol. The van der Waals surface area contributed by atoms with E-state index in [1.54, 1.807) is 0 Å². The minimum Gasteiger partial charge on any atom is -0.378 e. The summed E-state index contributed by atoms with van der Waals surface area (Å²) in [6.07, 6.45) is 0.341. The molecule has 0 aliphatic heterocycles. The fraction of sp³-hybridized carbons (Fsp3) is 0.136. The van der Waals surface area contributed by atoms with Crippen LogP contribution in [0.4, 0.5) is 5.69 Å². The third-order valence-electron chi connectivity index (χ3n) is 4.22. The summed E-state index contributed by atoms with van der Waals surface area (Å²) in [5.41, 5.74) is 3.76. The van der Waals surface area contributed by atoms with Crippen molar-refractivity contribution in [2.45, 2.75) is 19.4 Å². The summed E-state index contributed by atoms with van der Waals surface area (Å²) < 4.78 is 0. The second-order valence-corrected chi connectivity index (χ2v) is 7.12. The summed E-state index contributed by atoms with van der Waals surface area (Å²) in [5.74, 6) is 0.0893. The Kier molecular flexibility index (Phi) is 5.97. The predicted molar refractivity (Wildman–Crippen MR) is 109 cm³/mol. The van der Waals surface area contributed by atoms with Gasteiger partial charge in [0.05, 0.1) is 6.04 Å². The standard InChI is InChI=1S/C22H19Cl2NO/c1-15-2-4-17(5-3-15)22(26)14-21(16-6-8-18(23)9-7-16)25-20-12-10-19(24)11-13-20/h2-13,21,25H,14H2,1H3. The molecule has 0 aliphatic carbocycles. The molecule has 1 N–H and O–H groups in total. The Morgan fingerprint density at radius 1 is 0.846 bits per heavy atom. The number of rotatable bonds is 6. The van der Waals surface area contributed by atoms with Gasteiger partial charge in [0.25, 0.3) is 0 Å². The molecule has 26 heavy (non-hydrogen) atoms. The molecule has 0 aliphatic rings. The molecule has 3 aromatic rings. The summed E-state index contributed by atoms with van der Waals surface area (Å²) in [7, 11) is 0. The van der Waals surface area contributed by atoms with Crippen molar-refractivity contribution in [1.29, 1.82) is 0 Å². The molecule has 0 bridgehead atoms. The Balaban J connectivity index is 1.84. The average Bonchev–Trinajstić information content (AvgIpc) is 2.64. The molecule has 0 amide bonds. The lowest BCUT2D eigenvalue weighted by Gasteiger charge is -2.20. The van der Waals surface area contributed by atoms with Crippen molar-refractivity contribution >= 4 is 34.7 Å². The van der Waals surface area contributed by atoms with Gasteiger partial charge in [0, 0.05) is 27.7 Å². The highest BCUT2D eigenvalue weighted by molar-refractivity contribution is 6.30. The number of Topliss-reactive ketones (excluding diaryl/α,β-unsaturated/α-hetero) is 1. The van der Waals surface area contributed by atoms with Crippen LogP contribution in [0.5, 0.6) is 0 Å². The highest BCUT2D eigenvalue weighted by Crippen LogP contribution is 2.26. The van der Waals surface area contributed by atoms with Gasteiger partial charge in [-0.2, -0.15) is 0 Å². The zero-order valence-electron chi connectivity index (χ0n) is 14.4. The second-order valence-electron chi connectivity index (χ2n) is 6.25. The molecule has 0 saturated carbocycles. The molecule has 1 atom stereocenters. The van der Waals surface area contributed by atoms with Crippen LogP contribution in [0.25, 0.3) is 0 Å². The van der Waals surface area contributed by atoms with Crippen molar-refractivity contribution in [3.8, 4) is 0 Å². The third kappa shape index (κ3) is 4.87. The van der Waals surface area contributed by atoms with Gasteiger partial charge >= 0.3 is 0 Å². The maximum Gasteiger partial charge on any atom is 0.165 e. The first-order valence-corrected chi connectivity index (χ1v) is 9.14. The minimum absolute atomic E-state index is 0.0893. The Morgan fingerprint density at radius 3 is 1.96 bits per heavy atom. The van der Waals surface area contributed by atoms with Crippen molar-refractivity contribution in [2.75, 3.05) is 5.32 Å². The van der Waals surface area contributed by atoms with Gasteiger partial charge in [-0.15, -0.1) is 0 Å². The van der Waals surface area contributed by atoms with Gasteiger partial charge in [-0.1, -0.05) is 65.2 Å². The van der Waals surface area contributed by atoms with Gasteiger partial charge in [0.2, 0.25) is 0 Å². The summed E-state index contributed by atoms with van der Waals surface area (Å²) in [5, 5.41) is 4.78. The number of halogens is 2. The predicted octanol–water partition coefficient (Wildman–Crippen LogP) is 6.73. The Hall–Kier alpha value is -2.29. The molecule has 0 spiro atoms. The van der Waals surface area contributed by atoms with Crippen molar-refractivity contribution < 1.29 is 4.79 Å². The SMILES string of the molecule is Cc1ccc(C(=O)CC(Nc2ccc(Cl)cc2)c2ccc(Cl)cc2)cc1. The molecule has 2 nitrogen and oxygen atoms in total. The first-order chi connectivity index (χ1) is 12.5. The van der Waals surface area contributed by atoms with E-state index in [1.807, 2.05) is 79.7 Å². The van der Waals surface area contributed by atoms with Gasteiger partial charge in [-0.05, 0) is 48.9 Å². The van der Waals surface area contributed by atoms with E-state index in [4.69, 9.17) is 23.2 Å². The summed E-state index contributed by atoms with van der Waals surface area (Å²) in [6.45, 7) is 2.01. The molecule has 4 heteroatoms. The molecule has 3 rings (SSSR count). The summed E-state index contributed by atoms with van der Waals surface area (Å²) in [6, 6.07) is 22.5. The summed E-state index contributed by atoms with van der Waals surface area (Å²) >= 11 is 12.0. The topological polar surface area (TPSA) is 29.1 Å². The van der Waals surface area contributed by atoms with E-state index in [0.29, 0.717) is 22.0 Å². The monoisotopic (exact) mass is 383 g/mol. The fourth-order valence-corrected chi connectivity index (χ4v) is 2.99. The van der Waals surface area contributed by atoms with Crippen molar-refractivity contribution in [3.05, 3.63) is 99.5 Å². The van der Waals surface area contributed by atoms with E-state index in [0.717, 1.165) is 16.8 Å². The molecule has 0 saturated heterocycles. The van der Waals surface area contributed by atoms with E-state index in [-0.39, 0.29) is 11.8 Å². The lowest BCUT2D eigenvalue weighted by molar-refractivity contribution is 0.0976. The second kappa shape index (κ2) is 8.39. The highest BCUT2D eigenvalue weighted by atomic mass is 35.5. The largest absolute Gasteiger partial charge is 0.378 e. The van der Waals surface area contributed by atoms with E-state index in [1.165, 1.54) is 0 Å².